The van der Waals surface area contributed by atoms with Gasteiger partial charge in [-0.3, -0.25) is 4.79 Å². The molecule has 168 valence electrons. The molecular weight excluding hydrogens is 409 g/mol. The molecule has 1 heterocycles. The molecule has 8 heteroatoms. The molecule has 0 aliphatic rings. The summed E-state index contributed by atoms with van der Waals surface area (Å²) < 4.78 is 15.0. The number of hydrogen-bond acceptors (Lipinski definition) is 3. The average molecular weight is 438 g/mol. The molecule has 0 saturated carbocycles. The standard InChI is InChI=1S/C24H28FN5O2/c1-15-9-10-19(16(2)11-15)30-21(13-20(29-30)24(3,4)5)28-22(31)14-26-23(32)27-18-8-6-7-17(25)12-18/h6-13H,14H2,1-5H3,(H,28,31)(H2,26,27,32). The summed E-state index contributed by atoms with van der Waals surface area (Å²) in [7, 11) is 0. The molecule has 3 amide bonds. The first kappa shape index (κ1) is 23.0. The van der Waals surface area contributed by atoms with Crippen LogP contribution in [0.4, 0.5) is 20.7 Å². The highest BCUT2D eigenvalue weighted by Crippen LogP contribution is 2.27. The van der Waals surface area contributed by atoms with Crippen molar-refractivity contribution < 1.29 is 14.0 Å². The fourth-order valence-electron chi connectivity index (χ4n) is 3.15. The Morgan fingerprint density at radius 3 is 2.44 bits per heavy atom. The van der Waals surface area contributed by atoms with Crippen molar-refractivity contribution in [1.29, 1.82) is 0 Å². The van der Waals surface area contributed by atoms with Crippen LogP contribution >= 0.6 is 0 Å². The fourth-order valence-corrected chi connectivity index (χ4v) is 3.15. The third-order valence-electron chi connectivity index (χ3n) is 4.82. The van der Waals surface area contributed by atoms with E-state index >= 15 is 0 Å². The van der Waals surface area contributed by atoms with Gasteiger partial charge < -0.3 is 16.0 Å². The summed E-state index contributed by atoms with van der Waals surface area (Å²) in [4.78, 5) is 24.6. The topological polar surface area (TPSA) is 88.1 Å². The Bertz CT molecular complexity index is 1150. The molecule has 0 saturated heterocycles. The van der Waals surface area contributed by atoms with Gasteiger partial charge in [-0.25, -0.2) is 13.9 Å². The van der Waals surface area contributed by atoms with Gasteiger partial charge in [-0.1, -0.05) is 44.5 Å². The molecule has 0 radical (unpaired) electrons. The number of rotatable bonds is 5. The van der Waals surface area contributed by atoms with Gasteiger partial charge in [0.2, 0.25) is 5.91 Å². The van der Waals surface area contributed by atoms with E-state index < -0.39 is 17.8 Å². The Morgan fingerprint density at radius 1 is 1.03 bits per heavy atom. The van der Waals surface area contributed by atoms with E-state index in [1.54, 1.807) is 10.7 Å². The molecule has 3 N–H and O–H groups in total. The van der Waals surface area contributed by atoms with Gasteiger partial charge >= 0.3 is 6.03 Å². The van der Waals surface area contributed by atoms with Crippen molar-refractivity contribution in [3.63, 3.8) is 0 Å². The first-order chi connectivity index (χ1) is 15.0. The van der Waals surface area contributed by atoms with Crippen LogP contribution in [0.1, 0.15) is 37.6 Å². The number of nitrogens with one attached hydrogen (secondary N) is 3. The summed E-state index contributed by atoms with van der Waals surface area (Å²) in [6.07, 6.45) is 0. The van der Waals surface area contributed by atoms with Crippen molar-refractivity contribution in [1.82, 2.24) is 15.1 Å². The van der Waals surface area contributed by atoms with E-state index in [-0.39, 0.29) is 12.0 Å². The summed E-state index contributed by atoms with van der Waals surface area (Å²) in [6.45, 7) is 9.89. The van der Waals surface area contributed by atoms with Crippen LogP contribution in [-0.2, 0) is 10.2 Å². The highest BCUT2D eigenvalue weighted by Gasteiger charge is 2.22. The van der Waals surface area contributed by atoms with Gasteiger partial charge in [0.1, 0.15) is 11.6 Å². The number of benzene rings is 2. The summed E-state index contributed by atoms with van der Waals surface area (Å²) in [5.41, 5.74) is 3.92. The van der Waals surface area contributed by atoms with Crippen LogP contribution < -0.4 is 16.0 Å². The number of aryl methyl sites for hydroxylation is 2. The molecule has 0 aliphatic heterocycles. The number of aromatic nitrogens is 2. The number of carbonyl (C=O) groups is 2. The predicted molar refractivity (Wildman–Crippen MR) is 124 cm³/mol. The predicted octanol–water partition coefficient (Wildman–Crippen LogP) is 4.69. The highest BCUT2D eigenvalue weighted by molar-refractivity contribution is 5.96. The lowest BCUT2D eigenvalue weighted by atomic mass is 9.92. The molecule has 3 aromatic rings. The van der Waals surface area contributed by atoms with Crippen LogP contribution in [0.25, 0.3) is 5.69 Å². The van der Waals surface area contributed by atoms with Gasteiger partial charge in [-0.15, -0.1) is 0 Å². The number of amides is 3. The number of halogens is 1. The summed E-state index contributed by atoms with van der Waals surface area (Å²) in [5, 5.41) is 12.5. The van der Waals surface area contributed by atoms with E-state index in [0.717, 1.165) is 22.5 Å². The lowest BCUT2D eigenvalue weighted by Gasteiger charge is -2.14. The largest absolute Gasteiger partial charge is 0.329 e. The highest BCUT2D eigenvalue weighted by atomic mass is 19.1. The van der Waals surface area contributed by atoms with Crippen LogP contribution in [0.3, 0.4) is 0 Å². The lowest BCUT2D eigenvalue weighted by molar-refractivity contribution is -0.115. The van der Waals surface area contributed by atoms with Crippen molar-refractivity contribution >= 4 is 23.4 Å². The number of anilines is 2. The normalized spacial score (nSPS) is 11.2. The third kappa shape index (κ3) is 5.72. The maximum Gasteiger partial charge on any atom is 0.319 e. The SMILES string of the molecule is Cc1ccc(-n2nc(C(C)(C)C)cc2NC(=O)CNC(=O)Nc2cccc(F)c2)c(C)c1. The Kier molecular flexibility index (Phi) is 6.62. The first-order valence-corrected chi connectivity index (χ1v) is 10.3. The lowest BCUT2D eigenvalue weighted by Crippen LogP contribution is -2.36. The monoisotopic (exact) mass is 437 g/mol. The molecule has 32 heavy (non-hydrogen) atoms. The Morgan fingerprint density at radius 2 is 1.78 bits per heavy atom. The number of hydrogen-bond donors (Lipinski definition) is 3. The maximum absolute atomic E-state index is 13.2. The van der Waals surface area contributed by atoms with Gasteiger partial charge in [-0.2, -0.15) is 5.10 Å². The van der Waals surface area contributed by atoms with Gasteiger partial charge in [0.15, 0.2) is 0 Å². The van der Waals surface area contributed by atoms with Crippen molar-refractivity contribution in [3.8, 4) is 5.69 Å². The minimum Gasteiger partial charge on any atom is -0.329 e. The quantitative estimate of drug-likeness (QED) is 0.541. The van der Waals surface area contributed by atoms with E-state index in [4.69, 9.17) is 5.10 Å². The van der Waals surface area contributed by atoms with E-state index in [1.807, 2.05) is 52.8 Å². The zero-order valence-electron chi connectivity index (χ0n) is 18.9. The van der Waals surface area contributed by atoms with Crippen molar-refractivity contribution in [2.75, 3.05) is 17.2 Å². The number of urea groups is 1. The molecule has 1 aromatic heterocycles. The van der Waals surface area contributed by atoms with E-state index in [9.17, 15) is 14.0 Å². The Labute approximate surface area is 187 Å². The van der Waals surface area contributed by atoms with Gasteiger partial charge in [0.25, 0.3) is 0 Å². The van der Waals surface area contributed by atoms with Gasteiger partial charge in [0, 0.05) is 17.2 Å². The minimum absolute atomic E-state index is 0.216. The number of carbonyl (C=O) groups excluding carboxylic acids is 2. The molecule has 0 bridgehead atoms. The molecule has 0 fully saturated rings. The van der Waals surface area contributed by atoms with E-state index in [1.165, 1.54) is 18.2 Å². The fraction of sp³-hybridized carbons (Fsp3) is 0.292. The second-order valence-corrected chi connectivity index (χ2v) is 8.73. The molecule has 0 atom stereocenters. The zero-order valence-corrected chi connectivity index (χ0v) is 18.9. The minimum atomic E-state index is -0.607. The number of nitrogens with zero attached hydrogens (tertiary/aromatic N) is 2. The summed E-state index contributed by atoms with van der Waals surface area (Å²) in [5.74, 6) is -0.361. The van der Waals surface area contributed by atoms with Crippen LogP contribution in [0.5, 0.6) is 0 Å². The summed E-state index contributed by atoms with van der Waals surface area (Å²) in [6, 6.07) is 12.7. The van der Waals surface area contributed by atoms with E-state index in [0.29, 0.717) is 11.5 Å². The van der Waals surface area contributed by atoms with Crippen LogP contribution in [-0.4, -0.2) is 28.3 Å². The second-order valence-electron chi connectivity index (χ2n) is 8.73. The van der Waals surface area contributed by atoms with E-state index in [2.05, 4.69) is 22.0 Å². The van der Waals surface area contributed by atoms with Crippen LogP contribution in [0.2, 0.25) is 0 Å². The Hall–Kier alpha value is -3.68. The molecular formula is C24H28FN5O2. The molecule has 0 unspecified atom stereocenters. The molecule has 0 aliphatic carbocycles. The molecule has 0 spiro atoms. The van der Waals surface area contributed by atoms with Crippen LogP contribution in [0, 0.1) is 19.7 Å². The van der Waals surface area contributed by atoms with Crippen molar-refractivity contribution in [2.24, 2.45) is 0 Å². The molecule has 3 rings (SSSR count). The van der Waals surface area contributed by atoms with Crippen LogP contribution in [0.15, 0.2) is 48.5 Å². The summed E-state index contributed by atoms with van der Waals surface area (Å²) >= 11 is 0. The third-order valence-corrected chi connectivity index (χ3v) is 4.82. The maximum atomic E-state index is 13.2. The molecule has 7 nitrogen and oxygen atoms in total. The smallest absolute Gasteiger partial charge is 0.319 e. The first-order valence-electron chi connectivity index (χ1n) is 10.3. The van der Waals surface area contributed by atoms with Gasteiger partial charge in [-0.05, 0) is 43.7 Å². The van der Waals surface area contributed by atoms with Gasteiger partial charge in [0.05, 0.1) is 17.9 Å². The Balaban J connectivity index is 1.73. The van der Waals surface area contributed by atoms with Crippen molar-refractivity contribution in [3.05, 3.63) is 71.2 Å². The van der Waals surface area contributed by atoms with Crippen molar-refractivity contribution in [2.45, 2.75) is 40.0 Å². The second kappa shape index (κ2) is 9.21. The zero-order chi connectivity index (χ0) is 23.5. The average Bonchev–Trinajstić information content (AvgIpc) is 3.10. The molecule has 2 aromatic carbocycles.